The molecular formula is C21H21N5O2. The van der Waals surface area contributed by atoms with Gasteiger partial charge in [-0.3, -0.25) is 14.2 Å². The Morgan fingerprint density at radius 2 is 1.89 bits per heavy atom. The van der Waals surface area contributed by atoms with Crippen molar-refractivity contribution >= 4 is 23.2 Å². The van der Waals surface area contributed by atoms with Crippen molar-refractivity contribution in [2.24, 2.45) is 0 Å². The highest BCUT2D eigenvalue weighted by Crippen LogP contribution is 2.25. The number of nitrogens with zero attached hydrogens (tertiary/aromatic N) is 4. The summed E-state index contributed by atoms with van der Waals surface area (Å²) in [7, 11) is 0. The van der Waals surface area contributed by atoms with Gasteiger partial charge in [-0.2, -0.15) is 0 Å². The number of aryl methyl sites for hydroxylation is 1. The van der Waals surface area contributed by atoms with Gasteiger partial charge >= 0.3 is 0 Å². The van der Waals surface area contributed by atoms with E-state index >= 15 is 0 Å². The van der Waals surface area contributed by atoms with Gasteiger partial charge in [0.15, 0.2) is 0 Å². The lowest BCUT2D eigenvalue weighted by Gasteiger charge is -2.27. The lowest BCUT2D eigenvalue weighted by Crippen LogP contribution is -2.35. The minimum atomic E-state index is -0.227. The second-order valence-electron chi connectivity index (χ2n) is 6.90. The molecule has 0 aliphatic carbocycles. The maximum atomic E-state index is 13.0. The van der Waals surface area contributed by atoms with Crippen molar-refractivity contribution in [3.8, 4) is 5.69 Å². The summed E-state index contributed by atoms with van der Waals surface area (Å²) < 4.78 is 1.71. The number of anilines is 2. The summed E-state index contributed by atoms with van der Waals surface area (Å²) >= 11 is 0. The van der Waals surface area contributed by atoms with Crippen LogP contribution in [0.3, 0.4) is 0 Å². The average molecular weight is 375 g/mol. The van der Waals surface area contributed by atoms with Crippen molar-refractivity contribution in [3.05, 3.63) is 66.2 Å². The number of carbonyl (C=O) groups is 2. The summed E-state index contributed by atoms with van der Waals surface area (Å²) in [6, 6.07) is 13.1. The number of aromatic nitrogens is 3. The van der Waals surface area contributed by atoms with Crippen molar-refractivity contribution in [1.82, 2.24) is 14.8 Å². The van der Waals surface area contributed by atoms with E-state index < -0.39 is 0 Å². The third kappa shape index (κ3) is 3.64. The number of hydrogen-bond donors (Lipinski definition) is 1. The Bertz CT molecular complexity index is 1010. The molecular weight excluding hydrogens is 354 g/mol. The minimum absolute atomic E-state index is 0.128. The summed E-state index contributed by atoms with van der Waals surface area (Å²) in [6.45, 7) is 2.65. The molecule has 28 heavy (non-hydrogen) atoms. The Kier molecular flexibility index (Phi) is 4.89. The molecule has 0 spiro atoms. The van der Waals surface area contributed by atoms with Crippen LogP contribution in [0.4, 0.5) is 11.4 Å². The molecule has 3 aromatic rings. The SMILES string of the molecule is Cc1ccc(-n2cnnc2)c(C(=O)Nc2cccc(N3CCCCC3=O)c2)c1. The van der Waals surface area contributed by atoms with Crippen LogP contribution < -0.4 is 10.2 Å². The summed E-state index contributed by atoms with van der Waals surface area (Å²) in [5.74, 6) is -0.0992. The van der Waals surface area contributed by atoms with E-state index in [-0.39, 0.29) is 11.8 Å². The largest absolute Gasteiger partial charge is 0.322 e. The second-order valence-corrected chi connectivity index (χ2v) is 6.90. The van der Waals surface area contributed by atoms with Gasteiger partial charge in [0.1, 0.15) is 12.7 Å². The van der Waals surface area contributed by atoms with E-state index in [0.717, 1.165) is 24.1 Å². The zero-order valence-corrected chi connectivity index (χ0v) is 15.6. The van der Waals surface area contributed by atoms with Gasteiger partial charge in [0.2, 0.25) is 5.91 Å². The average Bonchev–Trinajstić information content (AvgIpc) is 3.23. The summed E-state index contributed by atoms with van der Waals surface area (Å²) in [5, 5.41) is 10.6. The lowest BCUT2D eigenvalue weighted by atomic mass is 10.1. The Balaban J connectivity index is 1.60. The van der Waals surface area contributed by atoms with E-state index in [1.165, 1.54) is 0 Å². The third-order valence-electron chi connectivity index (χ3n) is 4.83. The highest BCUT2D eigenvalue weighted by Gasteiger charge is 2.20. The number of hydrogen-bond acceptors (Lipinski definition) is 4. The quantitative estimate of drug-likeness (QED) is 0.758. The zero-order valence-electron chi connectivity index (χ0n) is 15.6. The van der Waals surface area contributed by atoms with Crippen LogP contribution in [0.25, 0.3) is 5.69 Å². The van der Waals surface area contributed by atoms with Crippen LogP contribution in [-0.4, -0.2) is 33.1 Å². The monoisotopic (exact) mass is 375 g/mol. The zero-order chi connectivity index (χ0) is 19.5. The first-order chi connectivity index (χ1) is 13.6. The topological polar surface area (TPSA) is 80.1 Å². The normalized spacial score (nSPS) is 14.2. The predicted molar refractivity (Wildman–Crippen MR) is 107 cm³/mol. The number of piperidine rings is 1. The Hall–Kier alpha value is -3.48. The van der Waals surface area contributed by atoms with E-state index in [1.807, 2.05) is 49.4 Å². The van der Waals surface area contributed by atoms with Gasteiger partial charge in [0, 0.05) is 24.3 Å². The van der Waals surface area contributed by atoms with Crippen LogP contribution in [0, 0.1) is 6.92 Å². The maximum Gasteiger partial charge on any atom is 0.257 e. The van der Waals surface area contributed by atoms with Crippen molar-refractivity contribution in [2.75, 3.05) is 16.8 Å². The molecule has 7 nitrogen and oxygen atoms in total. The lowest BCUT2D eigenvalue weighted by molar-refractivity contribution is -0.119. The van der Waals surface area contributed by atoms with E-state index in [2.05, 4.69) is 15.5 Å². The molecule has 1 fully saturated rings. The number of amides is 2. The van der Waals surface area contributed by atoms with Crippen LogP contribution in [-0.2, 0) is 4.79 Å². The van der Waals surface area contributed by atoms with E-state index in [0.29, 0.717) is 29.9 Å². The third-order valence-corrected chi connectivity index (χ3v) is 4.83. The fraction of sp³-hybridized carbons (Fsp3) is 0.238. The van der Waals surface area contributed by atoms with Crippen molar-refractivity contribution in [1.29, 1.82) is 0 Å². The van der Waals surface area contributed by atoms with Crippen molar-refractivity contribution in [2.45, 2.75) is 26.2 Å². The second kappa shape index (κ2) is 7.64. The summed E-state index contributed by atoms with van der Waals surface area (Å²) in [6.07, 6.45) is 5.62. The molecule has 7 heteroatoms. The minimum Gasteiger partial charge on any atom is -0.322 e. The van der Waals surface area contributed by atoms with Gasteiger partial charge in [-0.25, -0.2) is 0 Å². The molecule has 2 aromatic carbocycles. The van der Waals surface area contributed by atoms with Gasteiger partial charge in [-0.1, -0.05) is 17.7 Å². The van der Waals surface area contributed by atoms with E-state index in [1.54, 1.807) is 22.1 Å². The fourth-order valence-electron chi connectivity index (χ4n) is 3.41. The number of nitrogens with one attached hydrogen (secondary N) is 1. The van der Waals surface area contributed by atoms with E-state index in [9.17, 15) is 9.59 Å². The van der Waals surface area contributed by atoms with Gasteiger partial charge in [-0.05, 0) is 50.1 Å². The highest BCUT2D eigenvalue weighted by molar-refractivity contribution is 6.07. The van der Waals surface area contributed by atoms with Crippen molar-refractivity contribution < 1.29 is 9.59 Å². The van der Waals surface area contributed by atoms with Crippen LogP contribution >= 0.6 is 0 Å². The smallest absolute Gasteiger partial charge is 0.257 e. The predicted octanol–water partition coefficient (Wildman–Crippen LogP) is 3.34. The van der Waals surface area contributed by atoms with Crippen LogP contribution in [0.1, 0.15) is 35.2 Å². The molecule has 0 radical (unpaired) electrons. The molecule has 2 heterocycles. The van der Waals surface area contributed by atoms with Gasteiger partial charge in [0.25, 0.3) is 5.91 Å². The number of carbonyl (C=O) groups excluding carboxylic acids is 2. The standard InChI is InChI=1S/C21H21N5O2/c1-15-8-9-19(25-13-22-23-14-25)18(11-15)21(28)24-16-5-4-6-17(12-16)26-10-3-2-7-20(26)27/h4-6,8-9,11-14H,2-3,7,10H2,1H3,(H,24,28). The van der Waals surface area contributed by atoms with Crippen LogP contribution in [0.15, 0.2) is 55.1 Å². The van der Waals surface area contributed by atoms with Crippen molar-refractivity contribution in [3.63, 3.8) is 0 Å². The molecule has 2 amide bonds. The Labute approximate surface area is 163 Å². The molecule has 4 rings (SSSR count). The molecule has 1 N–H and O–H groups in total. The number of rotatable bonds is 4. The Morgan fingerprint density at radius 3 is 2.68 bits per heavy atom. The molecule has 1 saturated heterocycles. The maximum absolute atomic E-state index is 13.0. The molecule has 0 unspecified atom stereocenters. The van der Waals surface area contributed by atoms with Gasteiger partial charge < -0.3 is 10.2 Å². The molecule has 142 valence electrons. The molecule has 0 bridgehead atoms. The molecule has 0 atom stereocenters. The highest BCUT2D eigenvalue weighted by atomic mass is 16.2. The molecule has 1 aliphatic rings. The first kappa shape index (κ1) is 17.9. The molecule has 1 aromatic heterocycles. The first-order valence-electron chi connectivity index (χ1n) is 9.29. The summed E-state index contributed by atoms with van der Waals surface area (Å²) in [4.78, 5) is 27.0. The van der Waals surface area contributed by atoms with E-state index in [4.69, 9.17) is 0 Å². The van der Waals surface area contributed by atoms with Gasteiger partial charge in [0.05, 0.1) is 11.3 Å². The fourth-order valence-corrected chi connectivity index (χ4v) is 3.41. The molecule has 1 aliphatic heterocycles. The van der Waals surface area contributed by atoms with Crippen LogP contribution in [0.2, 0.25) is 0 Å². The van der Waals surface area contributed by atoms with Crippen LogP contribution in [0.5, 0.6) is 0 Å². The Morgan fingerprint density at radius 1 is 1.07 bits per heavy atom. The first-order valence-corrected chi connectivity index (χ1v) is 9.29. The number of benzene rings is 2. The molecule has 0 saturated carbocycles. The van der Waals surface area contributed by atoms with Gasteiger partial charge in [-0.15, -0.1) is 10.2 Å². The summed E-state index contributed by atoms with van der Waals surface area (Å²) in [5.41, 5.74) is 3.67.